The number of esters is 1. The molecule has 3 aromatic carbocycles. The molecule has 4 rings (SSSR count). The Morgan fingerprint density at radius 1 is 0.767 bits per heavy atom. The monoisotopic (exact) mass is 402 g/mol. The van der Waals surface area contributed by atoms with Gasteiger partial charge in [0.2, 0.25) is 0 Å². The minimum atomic E-state index is -1.01. The van der Waals surface area contributed by atoms with Gasteiger partial charge in [0.25, 0.3) is 0 Å². The van der Waals surface area contributed by atoms with Gasteiger partial charge in [-0.25, -0.2) is 4.79 Å². The zero-order valence-electron chi connectivity index (χ0n) is 18.0. The van der Waals surface area contributed by atoms with Gasteiger partial charge in [-0.05, 0) is 42.5 Å². The number of anilines is 2. The highest BCUT2D eigenvalue weighted by molar-refractivity contribution is 5.97. The van der Waals surface area contributed by atoms with Crippen LogP contribution in [0.25, 0.3) is 0 Å². The van der Waals surface area contributed by atoms with E-state index in [1.54, 1.807) is 13.2 Å². The van der Waals surface area contributed by atoms with Crippen LogP contribution >= 0.6 is 0 Å². The van der Waals surface area contributed by atoms with Crippen molar-refractivity contribution in [2.45, 2.75) is 5.60 Å². The molecule has 5 heteroatoms. The third-order valence-corrected chi connectivity index (χ3v) is 5.65. The molecule has 0 atom stereocenters. The lowest BCUT2D eigenvalue weighted by Crippen LogP contribution is -2.29. The molecule has 1 aliphatic rings. The molecule has 0 radical (unpaired) electrons. The molecule has 0 unspecified atom stereocenters. The Labute approximate surface area is 177 Å². The normalized spacial score (nSPS) is 14.1. The first-order valence-electron chi connectivity index (χ1n) is 9.84. The number of benzene rings is 3. The summed E-state index contributed by atoms with van der Waals surface area (Å²) in [7, 11) is 9.60. The van der Waals surface area contributed by atoms with Crippen LogP contribution in [0, 0.1) is 0 Å². The van der Waals surface area contributed by atoms with Crippen molar-refractivity contribution in [1.82, 2.24) is 0 Å². The number of cyclic esters (lactones) is 1. The van der Waals surface area contributed by atoms with E-state index >= 15 is 0 Å². The zero-order chi connectivity index (χ0) is 21.5. The molecule has 30 heavy (non-hydrogen) atoms. The highest BCUT2D eigenvalue weighted by Gasteiger charge is 2.48. The van der Waals surface area contributed by atoms with Crippen LogP contribution in [0.4, 0.5) is 11.4 Å². The van der Waals surface area contributed by atoms with Crippen molar-refractivity contribution in [2.24, 2.45) is 0 Å². The molecule has 1 aliphatic heterocycles. The molecular weight excluding hydrogens is 376 g/mol. The highest BCUT2D eigenvalue weighted by Crippen LogP contribution is 2.48. The average Bonchev–Trinajstić information content (AvgIpc) is 3.06. The lowest BCUT2D eigenvalue weighted by atomic mass is 9.79. The van der Waals surface area contributed by atoms with Crippen molar-refractivity contribution in [3.63, 3.8) is 0 Å². The lowest BCUT2D eigenvalue weighted by Gasteiger charge is -2.31. The van der Waals surface area contributed by atoms with Crippen molar-refractivity contribution < 1.29 is 14.3 Å². The summed E-state index contributed by atoms with van der Waals surface area (Å²) in [5.41, 5.74) is 4.32. The Bertz CT molecular complexity index is 1020. The number of methoxy groups -OCH3 is 1. The van der Waals surface area contributed by atoms with Gasteiger partial charge in [0.1, 0.15) is 5.75 Å². The van der Waals surface area contributed by atoms with Crippen LogP contribution in [-0.2, 0) is 10.3 Å². The van der Waals surface area contributed by atoms with Gasteiger partial charge in [-0.3, -0.25) is 0 Å². The number of rotatable bonds is 5. The van der Waals surface area contributed by atoms with Gasteiger partial charge in [-0.15, -0.1) is 0 Å². The van der Waals surface area contributed by atoms with Gasteiger partial charge < -0.3 is 19.3 Å². The van der Waals surface area contributed by atoms with Crippen LogP contribution in [0.5, 0.6) is 5.75 Å². The molecular formula is C25H26N2O3. The van der Waals surface area contributed by atoms with Crippen LogP contribution in [0.2, 0.25) is 0 Å². The molecule has 0 fully saturated rings. The van der Waals surface area contributed by atoms with Crippen LogP contribution in [-0.4, -0.2) is 41.3 Å². The highest BCUT2D eigenvalue weighted by atomic mass is 16.6. The molecule has 0 saturated heterocycles. The molecule has 0 bridgehead atoms. The minimum absolute atomic E-state index is 0.350. The molecule has 5 nitrogen and oxygen atoms in total. The Kier molecular flexibility index (Phi) is 4.90. The van der Waals surface area contributed by atoms with E-state index in [2.05, 4.69) is 0 Å². The summed E-state index contributed by atoms with van der Waals surface area (Å²) in [5, 5.41) is 0. The summed E-state index contributed by atoms with van der Waals surface area (Å²) in [4.78, 5) is 17.0. The summed E-state index contributed by atoms with van der Waals surface area (Å²) in [6, 6.07) is 21.8. The summed E-state index contributed by atoms with van der Waals surface area (Å²) < 4.78 is 11.5. The Morgan fingerprint density at radius 2 is 1.27 bits per heavy atom. The van der Waals surface area contributed by atoms with Gasteiger partial charge in [0, 0.05) is 56.3 Å². The molecule has 0 amide bonds. The number of carbonyl (C=O) groups is 1. The quantitative estimate of drug-likeness (QED) is 0.596. The number of hydrogen-bond acceptors (Lipinski definition) is 5. The van der Waals surface area contributed by atoms with Gasteiger partial charge in [-0.1, -0.05) is 24.3 Å². The van der Waals surface area contributed by atoms with Crippen molar-refractivity contribution in [2.75, 3.05) is 45.1 Å². The fourth-order valence-corrected chi connectivity index (χ4v) is 3.96. The predicted molar refractivity (Wildman–Crippen MR) is 120 cm³/mol. The van der Waals surface area contributed by atoms with E-state index in [1.807, 2.05) is 98.7 Å². The number of fused-ring (bicyclic) bond motifs is 1. The molecule has 154 valence electrons. The standard InChI is InChI=1S/C25H26N2O3/c1-26(2)19-10-6-17(7-11-19)25(18-8-12-20(13-9-18)27(3)4)23-15-14-21(29-5)16-22(23)24(28)30-25/h6-16H,1-5H3. The maximum Gasteiger partial charge on any atom is 0.340 e. The summed E-state index contributed by atoms with van der Waals surface area (Å²) >= 11 is 0. The van der Waals surface area contributed by atoms with Crippen LogP contribution in [0.3, 0.4) is 0 Å². The van der Waals surface area contributed by atoms with Gasteiger partial charge >= 0.3 is 5.97 Å². The van der Waals surface area contributed by atoms with Crippen molar-refractivity contribution in [3.05, 3.63) is 89.0 Å². The van der Waals surface area contributed by atoms with Gasteiger partial charge in [0.05, 0.1) is 12.7 Å². The lowest BCUT2D eigenvalue weighted by molar-refractivity contribution is 0.0251. The fraction of sp³-hybridized carbons (Fsp3) is 0.240. The van der Waals surface area contributed by atoms with Crippen molar-refractivity contribution >= 4 is 17.3 Å². The van der Waals surface area contributed by atoms with Crippen LogP contribution in [0.1, 0.15) is 27.0 Å². The second-order valence-corrected chi connectivity index (χ2v) is 7.86. The molecule has 0 spiro atoms. The van der Waals surface area contributed by atoms with Crippen LogP contribution < -0.4 is 14.5 Å². The first kappa shape index (κ1) is 19.8. The van der Waals surface area contributed by atoms with E-state index in [1.165, 1.54) is 0 Å². The molecule has 0 aliphatic carbocycles. The Balaban J connectivity index is 1.94. The van der Waals surface area contributed by atoms with Gasteiger partial charge in [0.15, 0.2) is 5.60 Å². The topological polar surface area (TPSA) is 42.0 Å². The van der Waals surface area contributed by atoms with Crippen molar-refractivity contribution in [1.29, 1.82) is 0 Å². The average molecular weight is 402 g/mol. The van der Waals surface area contributed by atoms with E-state index in [-0.39, 0.29) is 5.97 Å². The molecule has 1 heterocycles. The second kappa shape index (κ2) is 7.41. The molecule has 3 aromatic rings. The maximum absolute atomic E-state index is 13.0. The smallest absolute Gasteiger partial charge is 0.340 e. The van der Waals surface area contributed by atoms with E-state index < -0.39 is 5.60 Å². The van der Waals surface area contributed by atoms with Gasteiger partial charge in [-0.2, -0.15) is 0 Å². The third kappa shape index (κ3) is 3.07. The molecule has 0 N–H and O–H groups in total. The summed E-state index contributed by atoms with van der Waals surface area (Å²) in [6.45, 7) is 0. The number of hydrogen-bond donors (Lipinski definition) is 0. The zero-order valence-corrected chi connectivity index (χ0v) is 18.0. The predicted octanol–water partition coefficient (Wildman–Crippen LogP) is 4.29. The first-order valence-corrected chi connectivity index (χ1v) is 9.84. The van der Waals surface area contributed by atoms with E-state index in [0.29, 0.717) is 11.3 Å². The SMILES string of the molecule is COc1ccc2c(c1)C(=O)OC2(c1ccc(N(C)C)cc1)c1ccc(N(C)C)cc1. The van der Waals surface area contributed by atoms with Crippen molar-refractivity contribution in [3.8, 4) is 5.75 Å². The fourth-order valence-electron chi connectivity index (χ4n) is 3.96. The van der Waals surface area contributed by atoms with E-state index in [9.17, 15) is 4.79 Å². The maximum atomic E-state index is 13.0. The van der Waals surface area contributed by atoms with E-state index in [0.717, 1.165) is 28.1 Å². The van der Waals surface area contributed by atoms with Crippen LogP contribution in [0.15, 0.2) is 66.7 Å². The number of carbonyl (C=O) groups excluding carboxylic acids is 1. The Morgan fingerprint density at radius 3 is 1.70 bits per heavy atom. The molecule has 0 saturated carbocycles. The molecule has 0 aromatic heterocycles. The number of ether oxygens (including phenoxy) is 2. The largest absolute Gasteiger partial charge is 0.497 e. The summed E-state index contributed by atoms with van der Waals surface area (Å²) in [6.07, 6.45) is 0. The third-order valence-electron chi connectivity index (χ3n) is 5.65. The summed E-state index contributed by atoms with van der Waals surface area (Å²) in [5.74, 6) is 0.282. The second-order valence-electron chi connectivity index (χ2n) is 7.86. The minimum Gasteiger partial charge on any atom is -0.497 e. The number of nitrogens with zero attached hydrogens (tertiary/aromatic N) is 2. The van der Waals surface area contributed by atoms with E-state index in [4.69, 9.17) is 9.47 Å². The first-order chi connectivity index (χ1) is 14.4. The Hall–Kier alpha value is -3.47.